The third-order valence-electron chi connectivity index (χ3n) is 2.60. The second-order valence-corrected chi connectivity index (χ2v) is 5.28. The number of carbonyl (C=O) groups excluding carboxylic acids is 1. The number of benzene rings is 1. The summed E-state index contributed by atoms with van der Waals surface area (Å²) in [5.41, 5.74) is 3.11. The third kappa shape index (κ3) is 4.32. The number of hydrogen-bond acceptors (Lipinski definition) is 6. The maximum Gasteiger partial charge on any atom is 0.305 e. The molecule has 1 unspecified atom stereocenters. The van der Waals surface area contributed by atoms with E-state index in [1.165, 1.54) is 0 Å². The fraction of sp³-hybridized carbons (Fsp3) is 0.231. The molecule has 21 heavy (non-hydrogen) atoms. The first-order valence-electron chi connectivity index (χ1n) is 6.02. The molecule has 1 aliphatic heterocycles. The van der Waals surface area contributed by atoms with Crippen molar-refractivity contribution >= 4 is 35.0 Å². The Bertz CT molecular complexity index is 598. The summed E-state index contributed by atoms with van der Waals surface area (Å²) < 4.78 is 5.05. The molecule has 2 rings (SSSR count). The van der Waals surface area contributed by atoms with Crippen LogP contribution in [0.15, 0.2) is 34.4 Å². The quantitative estimate of drug-likeness (QED) is 0.811. The van der Waals surface area contributed by atoms with Crippen LogP contribution in [0.2, 0.25) is 0 Å². The zero-order chi connectivity index (χ0) is 15.2. The largest absolute Gasteiger partial charge is 0.497 e. The highest BCUT2D eigenvalue weighted by molar-refractivity contribution is 8.15. The minimum Gasteiger partial charge on any atom is -0.497 e. The molecule has 110 valence electrons. The summed E-state index contributed by atoms with van der Waals surface area (Å²) >= 11 is 1.03. The Morgan fingerprint density at radius 1 is 1.52 bits per heavy atom. The first-order chi connectivity index (χ1) is 10.1. The van der Waals surface area contributed by atoms with Crippen molar-refractivity contribution in [1.29, 1.82) is 0 Å². The number of carbonyl (C=O) groups is 2. The number of hydrazone groups is 1. The van der Waals surface area contributed by atoms with Gasteiger partial charge in [-0.1, -0.05) is 11.8 Å². The van der Waals surface area contributed by atoms with Crippen molar-refractivity contribution in [2.45, 2.75) is 11.7 Å². The first-order valence-corrected chi connectivity index (χ1v) is 6.90. The SMILES string of the molecule is COc1ccc(/C=N/C2=NNC(=O)C(CC(=O)O)S2)cc1. The Hall–Kier alpha value is -2.35. The molecule has 1 amide bonds. The van der Waals surface area contributed by atoms with Crippen LogP contribution in [0, 0.1) is 0 Å². The number of hydrogen-bond donors (Lipinski definition) is 2. The molecule has 0 bridgehead atoms. The summed E-state index contributed by atoms with van der Waals surface area (Å²) in [5.74, 6) is -0.723. The molecule has 1 heterocycles. The van der Waals surface area contributed by atoms with E-state index in [4.69, 9.17) is 9.84 Å². The zero-order valence-corrected chi connectivity index (χ0v) is 12.0. The van der Waals surface area contributed by atoms with Gasteiger partial charge in [0.2, 0.25) is 5.17 Å². The Labute approximate surface area is 125 Å². The minimum absolute atomic E-state index is 0.270. The number of ether oxygens (including phenoxy) is 1. The highest BCUT2D eigenvalue weighted by atomic mass is 32.2. The number of nitrogens with zero attached hydrogens (tertiary/aromatic N) is 2. The minimum atomic E-state index is -1.04. The molecule has 0 aliphatic carbocycles. The molecule has 7 nitrogen and oxygen atoms in total. The van der Waals surface area contributed by atoms with E-state index < -0.39 is 17.1 Å². The lowest BCUT2D eigenvalue weighted by molar-refractivity contribution is -0.138. The Balaban J connectivity index is 2.02. The van der Waals surface area contributed by atoms with Gasteiger partial charge in [0, 0.05) is 6.21 Å². The van der Waals surface area contributed by atoms with E-state index >= 15 is 0 Å². The van der Waals surface area contributed by atoms with E-state index in [2.05, 4.69) is 15.5 Å². The fourth-order valence-electron chi connectivity index (χ4n) is 1.55. The molecular formula is C13H13N3O4S. The number of aliphatic imine (C=N–C) groups is 1. The van der Waals surface area contributed by atoms with Gasteiger partial charge in [0.05, 0.1) is 13.5 Å². The Kier molecular flexibility index (Phi) is 4.94. The number of amides is 1. The zero-order valence-electron chi connectivity index (χ0n) is 11.1. The van der Waals surface area contributed by atoms with Gasteiger partial charge < -0.3 is 9.84 Å². The average Bonchev–Trinajstić information content (AvgIpc) is 2.48. The summed E-state index contributed by atoms with van der Waals surface area (Å²) in [6, 6.07) is 7.24. The van der Waals surface area contributed by atoms with E-state index in [0.29, 0.717) is 5.17 Å². The van der Waals surface area contributed by atoms with Crippen LogP contribution in [0.25, 0.3) is 0 Å². The van der Waals surface area contributed by atoms with Crippen LogP contribution in [0.5, 0.6) is 5.75 Å². The number of aliphatic carboxylic acids is 1. The number of carboxylic acid groups (broad SMARTS) is 1. The number of nitrogens with one attached hydrogen (secondary N) is 1. The van der Waals surface area contributed by atoms with Gasteiger partial charge in [-0.25, -0.2) is 10.4 Å². The normalized spacial score (nSPS) is 18.2. The summed E-state index contributed by atoms with van der Waals surface area (Å²) in [5, 5.41) is 12.1. The van der Waals surface area contributed by atoms with Gasteiger partial charge in [0.15, 0.2) is 0 Å². The van der Waals surface area contributed by atoms with E-state index in [0.717, 1.165) is 23.1 Å². The van der Waals surface area contributed by atoms with Crippen molar-refractivity contribution in [3.63, 3.8) is 0 Å². The van der Waals surface area contributed by atoms with Crippen molar-refractivity contribution in [3.05, 3.63) is 29.8 Å². The standard InChI is InChI=1S/C13H13N3O4S/c1-20-9-4-2-8(3-5-9)7-14-13-16-15-12(19)10(21-13)6-11(17)18/h2-5,7,10H,6H2,1H3,(H,15,19)(H,17,18)/b14-7+. The van der Waals surface area contributed by atoms with Crippen molar-refractivity contribution in [2.75, 3.05) is 7.11 Å². The predicted molar refractivity (Wildman–Crippen MR) is 79.8 cm³/mol. The molecular weight excluding hydrogens is 294 g/mol. The average molecular weight is 307 g/mol. The lowest BCUT2D eigenvalue weighted by atomic mass is 10.2. The van der Waals surface area contributed by atoms with Crippen molar-refractivity contribution in [2.24, 2.45) is 10.1 Å². The van der Waals surface area contributed by atoms with Gasteiger partial charge in [-0.05, 0) is 29.8 Å². The third-order valence-corrected chi connectivity index (χ3v) is 3.67. The number of methoxy groups -OCH3 is 1. The molecule has 0 spiro atoms. The van der Waals surface area contributed by atoms with E-state index in [1.807, 2.05) is 12.1 Å². The molecule has 1 aromatic carbocycles. The maximum absolute atomic E-state index is 11.5. The number of thioether (sulfide) groups is 1. The van der Waals surface area contributed by atoms with Crippen LogP contribution >= 0.6 is 11.8 Å². The molecule has 1 aliphatic rings. The summed E-state index contributed by atoms with van der Waals surface area (Å²) in [7, 11) is 1.59. The van der Waals surface area contributed by atoms with Gasteiger partial charge >= 0.3 is 5.97 Å². The van der Waals surface area contributed by atoms with Gasteiger partial charge in [-0.2, -0.15) is 0 Å². The van der Waals surface area contributed by atoms with Gasteiger partial charge in [-0.15, -0.1) is 5.10 Å². The van der Waals surface area contributed by atoms with Crippen molar-refractivity contribution in [3.8, 4) is 5.75 Å². The van der Waals surface area contributed by atoms with Crippen LogP contribution < -0.4 is 10.2 Å². The van der Waals surface area contributed by atoms with E-state index in [9.17, 15) is 9.59 Å². The predicted octanol–water partition coefficient (Wildman–Crippen LogP) is 1.09. The first kappa shape index (κ1) is 15.0. The van der Waals surface area contributed by atoms with Crippen LogP contribution in [0.1, 0.15) is 12.0 Å². The highest BCUT2D eigenvalue weighted by Crippen LogP contribution is 2.21. The number of rotatable bonds is 4. The van der Waals surface area contributed by atoms with E-state index in [1.54, 1.807) is 25.5 Å². The van der Waals surface area contributed by atoms with Crippen LogP contribution in [-0.4, -0.2) is 40.7 Å². The molecule has 0 saturated heterocycles. The summed E-state index contributed by atoms with van der Waals surface area (Å²) in [6.45, 7) is 0. The van der Waals surface area contributed by atoms with E-state index in [-0.39, 0.29) is 6.42 Å². The molecule has 1 atom stereocenters. The second kappa shape index (κ2) is 6.89. The van der Waals surface area contributed by atoms with Crippen LogP contribution in [0.4, 0.5) is 0 Å². The van der Waals surface area contributed by atoms with Gasteiger partial charge in [-0.3, -0.25) is 9.59 Å². The molecule has 0 fully saturated rings. The Morgan fingerprint density at radius 3 is 2.86 bits per heavy atom. The smallest absolute Gasteiger partial charge is 0.305 e. The summed E-state index contributed by atoms with van der Waals surface area (Å²) in [6.07, 6.45) is 1.31. The van der Waals surface area contributed by atoms with Crippen LogP contribution in [0.3, 0.4) is 0 Å². The highest BCUT2D eigenvalue weighted by Gasteiger charge is 2.27. The van der Waals surface area contributed by atoms with Crippen molar-refractivity contribution in [1.82, 2.24) is 5.43 Å². The molecule has 2 N–H and O–H groups in total. The van der Waals surface area contributed by atoms with Gasteiger partial charge in [0.1, 0.15) is 11.0 Å². The molecule has 1 aromatic rings. The topological polar surface area (TPSA) is 100 Å². The second-order valence-electron chi connectivity index (χ2n) is 4.11. The Morgan fingerprint density at radius 2 is 2.24 bits per heavy atom. The van der Waals surface area contributed by atoms with Crippen molar-refractivity contribution < 1.29 is 19.4 Å². The number of amidine groups is 1. The van der Waals surface area contributed by atoms with Crippen LogP contribution in [-0.2, 0) is 9.59 Å². The molecule has 0 saturated carbocycles. The lowest BCUT2D eigenvalue weighted by Crippen LogP contribution is -2.35. The monoisotopic (exact) mass is 307 g/mol. The molecule has 0 aromatic heterocycles. The maximum atomic E-state index is 11.5. The molecule has 8 heteroatoms. The number of carboxylic acids is 1. The fourth-order valence-corrected chi connectivity index (χ4v) is 2.41. The molecule has 0 radical (unpaired) electrons. The lowest BCUT2D eigenvalue weighted by Gasteiger charge is -2.16. The summed E-state index contributed by atoms with van der Waals surface area (Å²) in [4.78, 5) is 26.3. The van der Waals surface area contributed by atoms with Gasteiger partial charge in [0.25, 0.3) is 5.91 Å².